The lowest BCUT2D eigenvalue weighted by Crippen LogP contribution is -3.00. The number of hydrogen-bond acceptors (Lipinski definition) is 0. The van der Waals surface area contributed by atoms with Crippen LogP contribution in [0.3, 0.4) is 0 Å². The first-order valence-corrected chi connectivity index (χ1v) is 4.60. The topological polar surface area (TPSA) is 3.88 Å². The summed E-state index contributed by atoms with van der Waals surface area (Å²) in [7, 11) is 2.03. The molecule has 0 aliphatic rings. The summed E-state index contributed by atoms with van der Waals surface area (Å²) >= 11 is 3.51. The molecule has 0 saturated heterocycles. The smallest absolute Gasteiger partial charge is 0.176 e. The highest BCUT2D eigenvalue weighted by atomic mass is 127. The van der Waals surface area contributed by atoms with Crippen molar-refractivity contribution in [2.24, 2.45) is 7.05 Å². The molecule has 0 spiro atoms. The van der Waals surface area contributed by atoms with Gasteiger partial charge >= 0.3 is 0 Å². The van der Waals surface area contributed by atoms with E-state index < -0.39 is 0 Å². The SMILES string of the molecule is C[n+]1ccc2c(Br)cccc2c1.[I-]. The summed E-state index contributed by atoms with van der Waals surface area (Å²) in [5.74, 6) is 0. The molecule has 0 bridgehead atoms. The van der Waals surface area contributed by atoms with Crippen LogP contribution in [0.4, 0.5) is 0 Å². The predicted molar refractivity (Wildman–Crippen MR) is 52.8 cm³/mol. The van der Waals surface area contributed by atoms with Gasteiger partial charge in [-0.05, 0) is 12.1 Å². The normalized spacial score (nSPS) is 9.69. The third-order valence-electron chi connectivity index (χ3n) is 1.91. The molecule has 3 heteroatoms. The average Bonchev–Trinajstić information content (AvgIpc) is 2.04. The summed E-state index contributed by atoms with van der Waals surface area (Å²) in [5.41, 5.74) is 0. The van der Waals surface area contributed by atoms with E-state index in [4.69, 9.17) is 0 Å². The van der Waals surface area contributed by atoms with Crippen molar-refractivity contribution in [3.63, 3.8) is 0 Å². The van der Waals surface area contributed by atoms with Gasteiger partial charge in [-0.25, -0.2) is 4.57 Å². The molecule has 0 radical (unpaired) electrons. The van der Waals surface area contributed by atoms with Crippen molar-refractivity contribution in [1.82, 2.24) is 0 Å². The molecule has 1 heterocycles. The predicted octanol–water partition coefficient (Wildman–Crippen LogP) is -0.569. The first-order valence-electron chi connectivity index (χ1n) is 3.81. The lowest BCUT2D eigenvalue weighted by molar-refractivity contribution is -0.670. The van der Waals surface area contributed by atoms with Gasteiger partial charge in [-0.3, -0.25) is 0 Å². The summed E-state index contributed by atoms with van der Waals surface area (Å²) < 4.78 is 3.20. The molecule has 0 aliphatic heterocycles. The molecule has 68 valence electrons. The van der Waals surface area contributed by atoms with Crippen LogP contribution in [0.15, 0.2) is 41.1 Å². The average molecular weight is 350 g/mol. The molecular formula is C10H9BrIN. The molecule has 13 heavy (non-hydrogen) atoms. The standard InChI is InChI=1S/C10H9BrN.HI/c1-12-6-5-9-8(7-12)3-2-4-10(9)11;/h2-7H,1H3;1H/q+1;/p-1. The Morgan fingerprint density at radius 3 is 2.77 bits per heavy atom. The lowest BCUT2D eigenvalue weighted by atomic mass is 10.2. The highest BCUT2D eigenvalue weighted by molar-refractivity contribution is 9.10. The van der Waals surface area contributed by atoms with Crippen LogP contribution in [0.1, 0.15) is 0 Å². The second-order valence-corrected chi connectivity index (χ2v) is 3.71. The van der Waals surface area contributed by atoms with Gasteiger partial charge in [-0.1, -0.05) is 22.0 Å². The van der Waals surface area contributed by atoms with Crippen molar-refractivity contribution >= 4 is 26.7 Å². The van der Waals surface area contributed by atoms with Crippen molar-refractivity contribution in [2.75, 3.05) is 0 Å². The lowest BCUT2D eigenvalue weighted by Gasteiger charge is -1.96. The largest absolute Gasteiger partial charge is 1.00 e. The second-order valence-electron chi connectivity index (χ2n) is 2.85. The van der Waals surface area contributed by atoms with Gasteiger partial charge in [0.25, 0.3) is 0 Å². The maximum Gasteiger partial charge on any atom is 0.176 e. The maximum atomic E-state index is 3.51. The van der Waals surface area contributed by atoms with Crippen LogP contribution in [0.5, 0.6) is 0 Å². The van der Waals surface area contributed by atoms with Crippen molar-refractivity contribution in [3.8, 4) is 0 Å². The second kappa shape index (κ2) is 4.37. The van der Waals surface area contributed by atoms with Gasteiger partial charge in [0.2, 0.25) is 0 Å². The summed E-state index contributed by atoms with van der Waals surface area (Å²) in [5, 5.41) is 2.52. The third kappa shape index (κ3) is 2.20. The fourth-order valence-electron chi connectivity index (χ4n) is 1.30. The van der Waals surface area contributed by atoms with E-state index in [1.165, 1.54) is 10.8 Å². The number of hydrogen-bond donors (Lipinski definition) is 0. The van der Waals surface area contributed by atoms with E-state index in [1.54, 1.807) is 0 Å². The fourth-order valence-corrected chi connectivity index (χ4v) is 1.81. The van der Waals surface area contributed by atoms with Gasteiger partial charge in [0.05, 0.1) is 0 Å². The summed E-state index contributed by atoms with van der Waals surface area (Å²) in [6, 6.07) is 8.33. The van der Waals surface area contributed by atoms with Gasteiger partial charge in [0, 0.05) is 21.3 Å². The zero-order valence-corrected chi connectivity index (χ0v) is 10.9. The van der Waals surface area contributed by atoms with E-state index in [2.05, 4.69) is 44.9 Å². The Bertz CT molecular complexity index is 428. The Hall–Kier alpha value is -0.160. The molecule has 2 rings (SSSR count). The van der Waals surface area contributed by atoms with Gasteiger partial charge in [0.15, 0.2) is 12.4 Å². The Morgan fingerprint density at radius 1 is 1.23 bits per heavy atom. The maximum absolute atomic E-state index is 3.51. The number of halogens is 2. The highest BCUT2D eigenvalue weighted by Crippen LogP contribution is 2.21. The Balaban J connectivity index is 0.000000845. The van der Waals surface area contributed by atoms with Gasteiger partial charge in [-0.2, -0.15) is 0 Å². The van der Waals surface area contributed by atoms with Crippen LogP contribution in [0.25, 0.3) is 10.8 Å². The monoisotopic (exact) mass is 349 g/mol. The summed E-state index contributed by atoms with van der Waals surface area (Å²) in [4.78, 5) is 0. The van der Waals surface area contributed by atoms with E-state index in [0.717, 1.165) is 4.47 Å². The number of aromatic nitrogens is 1. The molecular weight excluding hydrogens is 341 g/mol. The minimum Gasteiger partial charge on any atom is -1.00 e. The van der Waals surface area contributed by atoms with E-state index in [1.807, 2.05) is 19.3 Å². The zero-order chi connectivity index (χ0) is 8.55. The minimum absolute atomic E-state index is 0. The molecule has 0 unspecified atom stereocenters. The number of aryl methyl sites for hydroxylation is 1. The molecule has 1 nitrogen and oxygen atoms in total. The van der Waals surface area contributed by atoms with Gasteiger partial charge in [-0.15, -0.1) is 0 Å². The van der Waals surface area contributed by atoms with Crippen LogP contribution in [-0.4, -0.2) is 0 Å². The summed E-state index contributed by atoms with van der Waals surface area (Å²) in [6.07, 6.45) is 4.16. The zero-order valence-electron chi connectivity index (χ0n) is 7.17. The molecule has 0 atom stereocenters. The molecule has 1 aromatic carbocycles. The molecule has 0 aliphatic carbocycles. The molecule has 0 N–H and O–H groups in total. The van der Waals surface area contributed by atoms with Crippen molar-refractivity contribution in [3.05, 3.63) is 41.1 Å². The minimum atomic E-state index is 0. The first-order chi connectivity index (χ1) is 5.77. The van der Waals surface area contributed by atoms with Gasteiger partial charge in [0.1, 0.15) is 7.05 Å². The number of nitrogens with zero attached hydrogens (tertiary/aromatic N) is 1. The van der Waals surface area contributed by atoms with Crippen LogP contribution in [0.2, 0.25) is 0 Å². The van der Waals surface area contributed by atoms with Crippen LogP contribution in [-0.2, 0) is 7.05 Å². The molecule has 0 saturated carbocycles. The van der Waals surface area contributed by atoms with Crippen molar-refractivity contribution < 1.29 is 28.5 Å². The fraction of sp³-hybridized carbons (Fsp3) is 0.100. The van der Waals surface area contributed by atoms with Crippen LogP contribution >= 0.6 is 15.9 Å². The van der Waals surface area contributed by atoms with E-state index >= 15 is 0 Å². The van der Waals surface area contributed by atoms with Crippen molar-refractivity contribution in [1.29, 1.82) is 0 Å². The number of pyridine rings is 1. The quantitative estimate of drug-likeness (QED) is 0.443. The first kappa shape index (κ1) is 10.9. The molecule has 0 amide bonds. The Labute approximate surface area is 103 Å². The molecule has 0 fully saturated rings. The van der Waals surface area contributed by atoms with Crippen LogP contribution in [0, 0.1) is 0 Å². The summed E-state index contributed by atoms with van der Waals surface area (Å²) in [6.45, 7) is 0. The van der Waals surface area contributed by atoms with Gasteiger partial charge < -0.3 is 24.0 Å². The Kier molecular flexibility index (Phi) is 3.67. The molecule has 2 aromatic rings. The number of benzene rings is 1. The number of rotatable bonds is 0. The van der Waals surface area contributed by atoms with Crippen molar-refractivity contribution in [2.45, 2.75) is 0 Å². The Morgan fingerprint density at radius 2 is 2.00 bits per heavy atom. The highest BCUT2D eigenvalue weighted by Gasteiger charge is 2.00. The molecule has 1 aromatic heterocycles. The van der Waals surface area contributed by atoms with Crippen LogP contribution < -0.4 is 28.5 Å². The third-order valence-corrected chi connectivity index (χ3v) is 2.60. The van der Waals surface area contributed by atoms with E-state index in [9.17, 15) is 0 Å². The van der Waals surface area contributed by atoms with E-state index in [-0.39, 0.29) is 24.0 Å². The number of fused-ring (bicyclic) bond motifs is 1. The van der Waals surface area contributed by atoms with E-state index in [0.29, 0.717) is 0 Å².